The molecule has 0 saturated heterocycles. The summed E-state index contributed by atoms with van der Waals surface area (Å²) in [5, 5.41) is 12.7. The Labute approximate surface area is 172 Å². The standard InChI is InChI=1S/C20H20Cl2N4O2/c1-11-18(23-20(27)19-13-6-3-4-9-17(13)28-25-19)12(2)26(24-11)10-14-15(21)7-5-8-16(14)22/h5,7-8H,3-4,6,9-10H2,1-2H3,(H,23,27). The van der Waals surface area contributed by atoms with Crippen molar-refractivity contribution in [1.82, 2.24) is 14.9 Å². The number of halogens is 2. The van der Waals surface area contributed by atoms with Crippen molar-refractivity contribution in [2.75, 3.05) is 5.32 Å². The molecular formula is C20H20Cl2N4O2. The van der Waals surface area contributed by atoms with Crippen molar-refractivity contribution in [1.29, 1.82) is 0 Å². The third-order valence-corrected chi connectivity index (χ3v) is 5.86. The van der Waals surface area contributed by atoms with Crippen molar-refractivity contribution in [3.63, 3.8) is 0 Å². The number of amides is 1. The van der Waals surface area contributed by atoms with Crippen LogP contribution in [-0.2, 0) is 19.4 Å². The van der Waals surface area contributed by atoms with Gasteiger partial charge in [0.2, 0.25) is 0 Å². The summed E-state index contributed by atoms with van der Waals surface area (Å²) in [5.74, 6) is 0.558. The SMILES string of the molecule is Cc1nn(Cc2c(Cl)cccc2Cl)c(C)c1NC(=O)c1noc2c1CCCC2. The quantitative estimate of drug-likeness (QED) is 0.648. The molecule has 28 heavy (non-hydrogen) atoms. The number of nitrogens with one attached hydrogen (secondary N) is 1. The predicted molar refractivity (Wildman–Crippen MR) is 108 cm³/mol. The molecule has 3 aromatic rings. The van der Waals surface area contributed by atoms with Gasteiger partial charge < -0.3 is 9.84 Å². The number of rotatable bonds is 4. The zero-order valence-electron chi connectivity index (χ0n) is 15.7. The summed E-state index contributed by atoms with van der Waals surface area (Å²) in [6, 6.07) is 5.40. The highest BCUT2D eigenvalue weighted by molar-refractivity contribution is 6.36. The fraction of sp³-hybridized carbons (Fsp3) is 0.350. The second kappa shape index (κ2) is 7.60. The Morgan fingerprint density at radius 2 is 1.93 bits per heavy atom. The highest BCUT2D eigenvalue weighted by atomic mass is 35.5. The number of anilines is 1. The normalized spacial score (nSPS) is 13.4. The van der Waals surface area contributed by atoms with E-state index in [4.69, 9.17) is 27.7 Å². The van der Waals surface area contributed by atoms with E-state index in [0.717, 1.165) is 48.3 Å². The lowest BCUT2D eigenvalue weighted by molar-refractivity contribution is 0.101. The molecule has 0 spiro atoms. The molecule has 0 radical (unpaired) electrons. The van der Waals surface area contributed by atoms with Crippen LogP contribution >= 0.6 is 23.2 Å². The third kappa shape index (κ3) is 3.42. The van der Waals surface area contributed by atoms with E-state index in [-0.39, 0.29) is 5.91 Å². The van der Waals surface area contributed by atoms with Crippen molar-refractivity contribution >= 4 is 34.8 Å². The summed E-state index contributed by atoms with van der Waals surface area (Å²) < 4.78 is 7.14. The molecule has 6 nitrogen and oxygen atoms in total. The smallest absolute Gasteiger partial charge is 0.278 e. The minimum atomic E-state index is -0.270. The second-order valence-electron chi connectivity index (χ2n) is 7.00. The Morgan fingerprint density at radius 3 is 2.68 bits per heavy atom. The van der Waals surface area contributed by atoms with Gasteiger partial charge >= 0.3 is 0 Å². The molecule has 2 aromatic heterocycles. The van der Waals surface area contributed by atoms with Gasteiger partial charge in [-0.25, -0.2) is 0 Å². The van der Waals surface area contributed by atoms with Crippen LogP contribution in [0.2, 0.25) is 10.0 Å². The monoisotopic (exact) mass is 418 g/mol. The zero-order valence-corrected chi connectivity index (χ0v) is 17.2. The van der Waals surface area contributed by atoms with E-state index >= 15 is 0 Å². The van der Waals surface area contributed by atoms with Gasteiger partial charge in [-0.2, -0.15) is 5.10 Å². The van der Waals surface area contributed by atoms with Crippen LogP contribution in [-0.4, -0.2) is 20.8 Å². The first-order chi connectivity index (χ1) is 13.5. The fourth-order valence-corrected chi connectivity index (χ4v) is 4.12. The first-order valence-electron chi connectivity index (χ1n) is 9.21. The summed E-state index contributed by atoms with van der Waals surface area (Å²) in [4.78, 5) is 12.8. The molecule has 0 saturated carbocycles. The lowest BCUT2D eigenvalue weighted by atomic mass is 9.96. The molecule has 0 unspecified atom stereocenters. The van der Waals surface area contributed by atoms with Crippen molar-refractivity contribution < 1.29 is 9.32 Å². The van der Waals surface area contributed by atoms with Crippen molar-refractivity contribution in [2.24, 2.45) is 0 Å². The number of aromatic nitrogens is 3. The van der Waals surface area contributed by atoms with Crippen LogP contribution in [0.25, 0.3) is 0 Å². The number of hydrogen-bond acceptors (Lipinski definition) is 4. The number of nitrogens with zero attached hydrogens (tertiary/aromatic N) is 3. The van der Waals surface area contributed by atoms with Crippen molar-refractivity contribution in [3.8, 4) is 0 Å². The van der Waals surface area contributed by atoms with E-state index in [1.807, 2.05) is 13.8 Å². The zero-order chi connectivity index (χ0) is 19.8. The van der Waals surface area contributed by atoms with Crippen LogP contribution < -0.4 is 5.32 Å². The van der Waals surface area contributed by atoms with Gasteiger partial charge in [0.05, 0.1) is 23.6 Å². The number of carbonyl (C=O) groups is 1. The van der Waals surface area contributed by atoms with E-state index in [9.17, 15) is 4.79 Å². The topological polar surface area (TPSA) is 73.0 Å². The minimum Gasteiger partial charge on any atom is -0.360 e. The van der Waals surface area contributed by atoms with Gasteiger partial charge in [0.1, 0.15) is 5.76 Å². The largest absolute Gasteiger partial charge is 0.360 e. The lowest BCUT2D eigenvalue weighted by Crippen LogP contribution is -2.16. The molecule has 1 aliphatic carbocycles. The maximum atomic E-state index is 12.8. The average Bonchev–Trinajstić information content (AvgIpc) is 3.21. The first-order valence-corrected chi connectivity index (χ1v) is 9.97. The molecule has 146 valence electrons. The van der Waals surface area contributed by atoms with E-state index in [1.54, 1.807) is 22.9 Å². The molecule has 1 aliphatic rings. The van der Waals surface area contributed by atoms with Gasteiger partial charge in [-0.05, 0) is 45.2 Å². The Hall–Kier alpha value is -2.31. The Morgan fingerprint density at radius 1 is 1.21 bits per heavy atom. The molecule has 0 fully saturated rings. The molecule has 1 amide bonds. The van der Waals surface area contributed by atoms with Gasteiger partial charge in [0, 0.05) is 27.6 Å². The number of carbonyl (C=O) groups excluding carboxylic acids is 1. The molecule has 1 aromatic carbocycles. The molecular weight excluding hydrogens is 399 g/mol. The van der Waals surface area contributed by atoms with E-state index in [1.165, 1.54) is 0 Å². The Kier molecular flexibility index (Phi) is 5.17. The number of aryl methyl sites for hydroxylation is 2. The Bertz CT molecular complexity index is 1030. The maximum absolute atomic E-state index is 12.8. The van der Waals surface area contributed by atoms with Gasteiger partial charge in [0.15, 0.2) is 5.69 Å². The van der Waals surface area contributed by atoms with Gasteiger partial charge in [-0.3, -0.25) is 9.48 Å². The van der Waals surface area contributed by atoms with Crippen LogP contribution in [0.15, 0.2) is 22.7 Å². The summed E-state index contributed by atoms with van der Waals surface area (Å²) in [5.41, 5.74) is 4.29. The molecule has 0 atom stereocenters. The third-order valence-electron chi connectivity index (χ3n) is 5.15. The van der Waals surface area contributed by atoms with E-state index in [2.05, 4.69) is 15.6 Å². The number of fused-ring (bicyclic) bond motifs is 1. The number of benzene rings is 1. The van der Waals surface area contributed by atoms with Gasteiger partial charge in [-0.15, -0.1) is 0 Å². The number of hydrogen-bond donors (Lipinski definition) is 1. The van der Waals surface area contributed by atoms with Crippen LogP contribution in [0.1, 0.15) is 51.6 Å². The van der Waals surface area contributed by atoms with Crippen molar-refractivity contribution in [2.45, 2.75) is 46.1 Å². The van der Waals surface area contributed by atoms with Gasteiger partial charge in [-0.1, -0.05) is 34.4 Å². The second-order valence-corrected chi connectivity index (χ2v) is 7.81. The fourth-order valence-electron chi connectivity index (χ4n) is 3.60. The minimum absolute atomic E-state index is 0.270. The van der Waals surface area contributed by atoms with Crippen LogP contribution in [0.3, 0.4) is 0 Å². The lowest BCUT2D eigenvalue weighted by Gasteiger charge is -2.10. The summed E-state index contributed by atoms with van der Waals surface area (Å²) in [7, 11) is 0. The van der Waals surface area contributed by atoms with Crippen molar-refractivity contribution in [3.05, 3.63) is 62.2 Å². The maximum Gasteiger partial charge on any atom is 0.278 e. The molecule has 0 bridgehead atoms. The molecule has 2 heterocycles. The molecule has 0 aliphatic heterocycles. The first kappa shape index (κ1) is 19.0. The highest BCUT2D eigenvalue weighted by Crippen LogP contribution is 2.29. The Balaban J connectivity index is 1.59. The molecule has 4 rings (SSSR count). The van der Waals surface area contributed by atoms with Crippen LogP contribution in [0.4, 0.5) is 5.69 Å². The summed E-state index contributed by atoms with van der Waals surface area (Å²) >= 11 is 12.6. The van der Waals surface area contributed by atoms with E-state index in [0.29, 0.717) is 33.7 Å². The molecule has 8 heteroatoms. The predicted octanol–water partition coefficient (Wildman–Crippen LogP) is 4.97. The molecule has 1 N–H and O–H groups in total. The highest BCUT2D eigenvalue weighted by Gasteiger charge is 2.25. The summed E-state index contributed by atoms with van der Waals surface area (Å²) in [6.07, 6.45) is 3.77. The summed E-state index contributed by atoms with van der Waals surface area (Å²) in [6.45, 7) is 4.17. The van der Waals surface area contributed by atoms with Gasteiger partial charge in [0.25, 0.3) is 5.91 Å². The average molecular weight is 419 g/mol. The van der Waals surface area contributed by atoms with Crippen LogP contribution in [0.5, 0.6) is 0 Å². The van der Waals surface area contributed by atoms with E-state index < -0.39 is 0 Å². The van der Waals surface area contributed by atoms with Crippen LogP contribution in [0, 0.1) is 13.8 Å².